The minimum Gasteiger partial charge on any atom is -0.396 e. The van der Waals surface area contributed by atoms with E-state index in [0.29, 0.717) is 32.3 Å². The molecule has 0 bridgehead atoms. The quantitative estimate of drug-likeness (QED) is 0.587. The highest BCUT2D eigenvalue weighted by Gasteiger charge is 2.57. The monoisotopic (exact) mass is 268 g/mol. The maximum Gasteiger partial charge on any atom is 0.278 e. The lowest BCUT2D eigenvalue weighted by Crippen LogP contribution is -2.58. The molecule has 2 atom stereocenters. The summed E-state index contributed by atoms with van der Waals surface area (Å²) < 4.78 is 36.9. The molecule has 2 N–H and O–H groups in total. The average Bonchev–Trinajstić information content (AvgIpc) is 2.33. The fraction of sp³-hybridized carbons (Fsp3) is 1.00. The van der Waals surface area contributed by atoms with Gasteiger partial charge in [-0.25, -0.2) is 8.78 Å². The van der Waals surface area contributed by atoms with Crippen molar-refractivity contribution in [2.45, 2.75) is 50.2 Å². The second kappa shape index (κ2) is 7.99. The topological polar surface area (TPSA) is 58.9 Å². The van der Waals surface area contributed by atoms with E-state index in [1.54, 1.807) is 0 Å². The average molecular weight is 268 g/mol. The van der Waals surface area contributed by atoms with Crippen molar-refractivity contribution in [3.8, 4) is 0 Å². The Labute approximate surface area is 106 Å². The maximum absolute atomic E-state index is 13.2. The lowest BCUT2D eigenvalue weighted by atomic mass is 9.86. The Balaban J connectivity index is 2.18. The van der Waals surface area contributed by atoms with Crippen LogP contribution in [0.5, 0.6) is 0 Å². The van der Waals surface area contributed by atoms with Gasteiger partial charge in [0.1, 0.15) is 6.10 Å². The fourth-order valence-corrected chi connectivity index (χ4v) is 1.85. The molecule has 0 radical (unpaired) electrons. The number of alkyl halides is 2. The number of hydrogen-bond donors (Lipinski definition) is 2. The van der Waals surface area contributed by atoms with E-state index in [-0.39, 0.29) is 26.2 Å². The lowest BCUT2D eigenvalue weighted by Gasteiger charge is -2.43. The number of unbranched alkanes of at least 4 members (excludes halogenated alkanes) is 2. The van der Waals surface area contributed by atoms with Gasteiger partial charge in [-0.3, -0.25) is 0 Å². The molecule has 0 aliphatic heterocycles. The van der Waals surface area contributed by atoms with Gasteiger partial charge in [-0.2, -0.15) is 0 Å². The Bertz CT molecular complexity index is 226. The van der Waals surface area contributed by atoms with Crippen LogP contribution in [0, 0.1) is 0 Å². The first-order valence-corrected chi connectivity index (χ1v) is 6.44. The molecular weight excluding hydrogens is 246 g/mol. The normalized spacial score (nSPS) is 26.0. The predicted octanol–water partition coefficient (Wildman–Crippen LogP) is 1.34. The van der Waals surface area contributed by atoms with Crippen molar-refractivity contribution in [2.75, 3.05) is 26.4 Å². The van der Waals surface area contributed by atoms with Gasteiger partial charge < -0.3 is 19.7 Å². The van der Waals surface area contributed by atoms with Crippen LogP contribution >= 0.6 is 0 Å². The zero-order valence-electron chi connectivity index (χ0n) is 10.5. The predicted molar refractivity (Wildman–Crippen MR) is 61.7 cm³/mol. The molecule has 108 valence electrons. The van der Waals surface area contributed by atoms with E-state index >= 15 is 0 Å². The highest BCUT2D eigenvalue weighted by atomic mass is 19.3. The van der Waals surface area contributed by atoms with Crippen LogP contribution in [0.1, 0.15) is 32.1 Å². The largest absolute Gasteiger partial charge is 0.396 e. The van der Waals surface area contributed by atoms with Gasteiger partial charge in [-0.05, 0) is 25.7 Å². The second-order valence-corrected chi connectivity index (χ2v) is 4.53. The molecule has 1 aliphatic carbocycles. The van der Waals surface area contributed by atoms with E-state index in [2.05, 4.69) is 0 Å². The fourth-order valence-electron chi connectivity index (χ4n) is 1.85. The Kier molecular flexibility index (Phi) is 6.99. The minimum atomic E-state index is -2.80. The van der Waals surface area contributed by atoms with E-state index in [1.165, 1.54) is 0 Å². The van der Waals surface area contributed by atoms with Gasteiger partial charge in [0.15, 0.2) is 0 Å². The minimum absolute atomic E-state index is 0.0471. The molecule has 2 unspecified atom stereocenters. The van der Waals surface area contributed by atoms with Gasteiger partial charge in [0.2, 0.25) is 0 Å². The number of ether oxygens (including phenoxy) is 2. The molecule has 0 heterocycles. The molecule has 0 spiro atoms. The van der Waals surface area contributed by atoms with Crippen molar-refractivity contribution in [3.63, 3.8) is 0 Å². The SMILES string of the molecule is OCCCCOC1CC(F)(F)C1OCCCCO. The van der Waals surface area contributed by atoms with Crippen molar-refractivity contribution in [1.29, 1.82) is 0 Å². The standard InChI is InChI=1S/C12H22F2O4/c13-12(14)9-10(17-7-3-1-5-15)11(12)18-8-4-2-6-16/h10-11,15-16H,1-9H2. The first kappa shape index (κ1) is 15.8. The van der Waals surface area contributed by atoms with Crippen molar-refractivity contribution in [3.05, 3.63) is 0 Å². The lowest BCUT2D eigenvalue weighted by molar-refractivity contribution is -0.269. The van der Waals surface area contributed by atoms with Crippen molar-refractivity contribution in [1.82, 2.24) is 0 Å². The smallest absolute Gasteiger partial charge is 0.278 e. The maximum atomic E-state index is 13.2. The molecule has 1 saturated carbocycles. The van der Waals surface area contributed by atoms with Crippen molar-refractivity contribution < 1.29 is 28.5 Å². The molecule has 0 saturated heterocycles. The van der Waals surface area contributed by atoms with Gasteiger partial charge in [0.25, 0.3) is 5.92 Å². The first-order chi connectivity index (χ1) is 8.61. The summed E-state index contributed by atoms with van der Waals surface area (Å²) in [5.74, 6) is -2.80. The summed E-state index contributed by atoms with van der Waals surface area (Å²) in [5, 5.41) is 17.2. The van der Waals surface area contributed by atoms with Gasteiger partial charge in [0.05, 0.1) is 6.10 Å². The van der Waals surface area contributed by atoms with Crippen LogP contribution in [0.3, 0.4) is 0 Å². The van der Waals surface area contributed by atoms with Crippen LogP contribution in [0.25, 0.3) is 0 Å². The summed E-state index contributed by atoms with van der Waals surface area (Å²) in [5.41, 5.74) is 0. The Morgan fingerprint density at radius 1 is 0.944 bits per heavy atom. The number of halogens is 2. The number of hydrogen-bond acceptors (Lipinski definition) is 4. The number of aliphatic hydroxyl groups excluding tert-OH is 2. The van der Waals surface area contributed by atoms with E-state index < -0.39 is 18.1 Å². The highest BCUT2D eigenvalue weighted by Crippen LogP contribution is 2.42. The van der Waals surface area contributed by atoms with Crippen molar-refractivity contribution >= 4 is 0 Å². The number of aliphatic hydroxyl groups is 2. The summed E-state index contributed by atoms with van der Waals surface area (Å²) in [6.45, 7) is 0.728. The molecule has 0 amide bonds. The molecular formula is C12H22F2O4. The Morgan fingerprint density at radius 2 is 1.50 bits per heavy atom. The third-order valence-corrected chi connectivity index (χ3v) is 2.96. The third kappa shape index (κ3) is 4.76. The van der Waals surface area contributed by atoms with E-state index in [1.807, 2.05) is 0 Å². The van der Waals surface area contributed by atoms with E-state index in [9.17, 15) is 8.78 Å². The van der Waals surface area contributed by atoms with Gasteiger partial charge >= 0.3 is 0 Å². The van der Waals surface area contributed by atoms with Crippen molar-refractivity contribution in [2.24, 2.45) is 0 Å². The molecule has 0 aromatic carbocycles. The summed E-state index contributed by atoms with van der Waals surface area (Å²) >= 11 is 0. The Morgan fingerprint density at radius 3 is 2.00 bits per heavy atom. The van der Waals surface area contributed by atoms with E-state index in [4.69, 9.17) is 19.7 Å². The van der Waals surface area contributed by atoms with Gasteiger partial charge in [-0.15, -0.1) is 0 Å². The molecule has 0 aromatic heterocycles. The van der Waals surface area contributed by atoms with Crippen LogP contribution in [0.4, 0.5) is 8.78 Å². The highest BCUT2D eigenvalue weighted by molar-refractivity contribution is 4.98. The Hall–Kier alpha value is -0.300. The molecule has 1 rings (SSSR count). The zero-order chi connectivity index (χ0) is 13.4. The van der Waals surface area contributed by atoms with Gasteiger partial charge in [-0.1, -0.05) is 0 Å². The van der Waals surface area contributed by atoms with Gasteiger partial charge in [0, 0.05) is 32.8 Å². The molecule has 18 heavy (non-hydrogen) atoms. The van der Waals surface area contributed by atoms with Crippen LogP contribution < -0.4 is 0 Å². The van der Waals surface area contributed by atoms with Crippen LogP contribution in [-0.2, 0) is 9.47 Å². The summed E-state index contributed by atoms with van der Waals surface area (Å²) in [7, 11) is 0. The summed E-state index contributed by atoms with van der Waals surface area (Å²) in [4.78, 5) is 0. The third-order valence-electron chi connectivity index (χ3n) is 2.96. The molecule has 0 aromatic rings. The molecule has 6 heteroatoms. The molecule has 1 fully saturated rings. The number of rotatable bonds is 10. The summed E-state index contributed by atoms with van der Waals surface area (Å²) in [6.07, 6.45) is 0.399. The first-order valence-electron chi connectivity index (χ1n) is 6.44. The van der Waals surface area contributed by atoms with E-state index in [0.717, 1.165) is 0 Å². The van der Waals surface area contributed by atoms with Crippen LogP contribution in [-0.4, -0.2) is 54.8 Å². The van der Waals surface area contributed by atoms with Crippen LogP contribution in [0.15, 0.2) is 0 Å². The van der Waals surface area contributed by atoms with Crippen LogP contribution in [0.2, 0.25) is 0 Å². The zero-order valence-corrected chi connectivity index (χ0v) is 10.5. The summed E-state index contributed by atoms with van der Waals surface area (Å²) in [6, 6.07) is 0. The molecule has 1 aliphatic rings. The second-order valence-electron chi connectivity index (χ2n) is 4.53. The molecule has 4 nitrogen and oxygen atoms in total.